The topological polar surface area (TPSA) is 32.3 Å². The van der Waals surface area contributed by atoms with Gasteiger partial charge in [-0.3, -0.25) is 4.79 Å². The minimum atomic E-state index is 0.0851. The normalized spacial score (nSPS) is 31.5. The molecule has 0 radical (unpaired) electrons. The van der Waals surface area contributed by atoms with Crippen LogP contribution in [0, 0.1) is 11.8 Å². The Hall–Kier alpha value is -0.570. The van der Waals surface area contributed by atoms with E-state index in [0.29, 0.717) is 11.8 Å². The van der Waals surface area contributed by atoms with Gasteiger partial charge in [-0.2, -0.15) is 0 Å². The number of piperidine rings is 2. The molecule has 98 valence electrons. The van der Waals surface area contributed by atoms with E-state index in [0.717, 1.165) is 25.6 Å². The van der Waals surface area contributed by atoms with Crippen LogP contribution in [0.25, 0.3) is 0 Å². The number of amides is 1. The lowest BCUT2D eigenvalue weighted by Crippen LogP contribution is -2.53. The van der Waals surface area contributed by atoms with Crippen LogP contribution in [0.3, 0.4) is 0 Å². The summed E-state index contributed by atoms with van der Waals surface area (Å²) in [7, 11) is 0. The first-order chi connectivity index (χ1) is 8.22. The summed E-state index contributed by atoms with van der Waals surface area (Å²) >= 11 is 0. The summed E-state index contributed by atoms with van der Waals surface area (Å²) in [5.74, 6) is 1.70. The molecule has 0 spiro atoms. The SMILES string of the molecule is CCC1CCN(C(=O)C2NCCCC2C)CC1. The fraction of sp³-hybridized carbons (Fsp3) is 0.929. The molecule has 0 aliphatic carbocycles. The standard InChI is InChI=1S/C14H26N2O/c1-3-12-6-9-16(10-7-12)14(17)13-11(2)5-4-8-15-13/h11-13,15H,3-10H2,1-2H3. The quantitative estimate of drug-likeness (QED) is 0.798. The zero-order chi connectivity index (χ0) is 12.3. The third kappa shape index (κ3) is 3.01. The van der Waals surface area contributed by atoms with Gasteiger partial charge in [0.05, 0.1) is 6.04 Å². The molecule has 2 aliphatic rings. The van der Waals surface area contributed by atoms with Crippen molar-refractivity contribution in [2.75, 3.05) is 19.6 Å². The highest BCUT2D eigenvalue weighted by molar-refractivity contribution is 5.82. The Morgan fingerprint density at radius 1 is 1.29 bits per heavy atom. The average molecular weight is 238 g/mol. The molecular weight excluding hydrogens is 212 g/mol. The van der Waals surface area contributed by atoms with Crippen LogP contribution >= 0.6 is 0 Å². The molecule has 0 bridgehead atoms. The summed E-state index contributed by atoms with van der Waals surface area (Å²) < 4.78 is 0. The van der Waals surface area contributed by atoms with Gasteiger partial charge >= 0.3 is 0 Å². The van der Waals surface area contributed by atoms with Crippen molar-refractivity contribution >= 4 is 5.91 Å². The van der Waals surface area contributed by atoms with Crippen molar-refractivity contribution in [2.24, 2.45) is 11.8 Å². The molecule has 2 aliphatic heterocycles. The van der Waals surface area contributed by atoms with E-state index in [1.54, 1.807) is 0 Å². The lowest BCUT2D eigenvalue weighted by Gasteiger charge is -2.37. The summed E-state index contributed by atoms with van der Waals surface area (Å²) in [6, 6.07) is 0.0851. The number of nitrogens with one attached hydrogen (secondary N) is 1. The largest absolute Gasteiger partial charge is 0.341 e. The first-order valence-electron chi connectivity index (χ1n) is 7.24. The second-order valence-corrected chi connectivity index (χ2v) is 5.73. The summed E-state index contributed by atoms with van der Waals surface area (Å²) in [6.07, 6.45) is 6.06. The van der Waals surface area contributed by atoms with Gasteiger partial charge in [-0.25, -0.2) is 0 Å². The smallest absolute Gasteiger partial charge is 0.239 e. The fourth-order valence-electron chi connectivity index (χ4n) is 3.14. The Balaban J connectivity index is 1.87. The Morgan fingerprint density at radius 3 is 2.59 bits per heavy atom. The van der Waals surface area contributed by atoms with Crippen LogP contribution in [0.2, 0.25) is 0 Å². The molecule has 17 heavy (non-hydrogen) atoms. The summed E-state index contributed by atoms with van der Waals surface area (Å²) in [4.78, 5) is 14.5. The third-order valence-corrected chi connectivity index (χ3v) is 4.54. The summed E-state index contributed by atoms with van der Waals surface area (Å²) in [5, 5.41) is 3.40. The molecule has 2 fully saturated rings. The van der Waals surface area contributed by atoms with Gasteiger partial charge in [-0.05, 0) is 44.1 Å². The molecule has 3 nitrogen and oxygen atoms in total. The first-order valence-corrected chi connectivity index (χ1v) is 7.24. The highest BCUT2D eigenvalue weighted by atomic mass is 16.2. The molecule has 2 rings (SSSR count). The molecule has 2 heterocycles. The van der Waals surface area contributed by atoms with Crippen molar-refractivity contribution in [3.63, 3.8) is 0 Å². The summed E-state index contributed by atoms with van der Waals surface area (Å²) in [5.41, 5.74) is 0. The molecule has 2 atom stereocenters. The van der Waals surface area contributed by atoms with E-state index in [9.17, 15) is 4.79 Å². The molecule has 0 saturated carbocycles. The van der Waals surface area contributed by atoms with Crippen LogP contribution in [-0.2, 0) is 4.79 Å². The maximum atomic E-state index is 12.4. The first kappa shape index (κ1) is 12.9. The predicted molar refractivity (Wildman–Crippen MR) is 69.8 cm³/mol. The Bertz CT molecular complexity index is 259. The van der Waals surface area contributed by atoms with Crippen LogP contribution in [0.15, 0.2) is 0 Å². The van der Waals surface area contributed by atoms with Crippen molar-refractivity contribution in [1.82, 2.24) is 10.2 Å². The number of rotatable bonds is 2. The van der Waals surface area contributed by atoms with Crippen molar-refractivity contribution in [3.05, 3.63) is 0 Å². The fourth-order valence-corrected chi connectivity index (χ4v) is 3.14. The Labute approximate surface area is 105 Å². The van der Waals surface area contributed by atoms with Gasteiger partial charge in [0.25, 0.3) is 0 Å². The molecule has 0 aromatic carbocycles. The molecule has 0 aromatic rings. The number of hydrogen-bond donors (Lipinski definition) is 1. The molecule has 0 aromatic heterocycles. The number of carbonyl (C=O) groups is 1. The minimum absolute atomic E-state index is 0.0851. The molecule has 2 unspecified atom stereocenters. The van der Waals surface area contributed by atoms with E-state index in [1.807, 2.05) is 0 Å². The van der Waals surface area contributed by atoms with E-state index in [4.69, 9.17) is 0 Å². The monoisotopic (exact) mass is 238 g/mol. The van der Waals surface area contributed by atoms with Gasteiger partial charge in [-0.1, -0.05) is 20.3 Å². The van der Waals surface area contributed by atoms with Crippen molar-refractivity contribution in [1.29, 1.82) is 0 Å². The lowest BCUT2D eigenvalue weighted by molar-refractivity contribution is -0.136. The zero-order valence-corrected chi connectivity index (χ0v) is 11.2. The Kier molecular flexibility index (Phi) is 4.43. The maximum Gasteiger partial charge on any atom is 0.239 e. The van der Waals surface area contributed by atoms with Gasteiger partial charge in [0.15, 0.2) is 0 Å². The third-order valence-electron chi connectivity index (χ3n) is 4.54. The average Bonchev–Trinajstić information content (AvgIpc) is 2.39. The van der Waals surface area contributed by atoms with Crippen molar-refractivity contribution in [3.8, 4) is 0 Å². The van der Waals surface area contributed by atoms with Gasteiger partial charge in [0.1, 0.15) is 0 Å². The van der Waals surface area contributed by atoms with Crippen LogP contribution in [-0.4, -0.2) is 36.5 Å². The molecule has 1 amide bonds. The van der Waals surface area contributed by atoms with E-state index in [1.165, 1.54) is 32.1 Å². The molecule has 1 N–H and O–H groups in total. The molecular formula is C14H26N2O. The predicted octanol–water partition coefficient (Wildman–Crippen LogP) is 2.02. The minimum Gasteiger partial charge on any atom is -0.341 e. The molecule has 3 heteroatoms. The number of likely N-dealkylation sites (tertiary alicyclic amines) is 1. The van der Waals surface area contributed by atoms with Crippen molar-refractivity contribution in [2.45, 2.75) is 52.0 Å². The molecule has 2 saturated heterocycles. The highest BCUT2D eigenvalue weighted by Gasteiger charge is 2.32. The van der Waals surface area contributed by atoms with Gasteiger partial charge < -0.3 is 10.2 Å². The van der Waals surface area contributed by atoms with Gasteiger partial charge in [0.2, 0.25) is 5.91 Å². The van der Waals surface area contributed by atoms with Crippen LogP contribution in [0.1, 0.15) is 46.0 Å². The van der Waals surface area contributed by atoms with Crippen molar-refractivity contribution < 1.29 is 4.79 Å². The highest BCUT2D eigenvalue weighted by Crippen LogP contribution is 2.23. The maximum absolute atomic E-state index is 12.4. The lowest BCUT2D eigenvalue weighted by atomic mass is 9.90. The van der Waals surface area contributed by atoms with E-state index >= 15 is 0 Å². The van der Waals surface area contributed by atoms with Gasteiger partial charge in [0, 0.05) is 13.1 Å². The van der Waals surface area contributed by atoms with E-state index in [-0.39, 0.29) is 6.04 Å². The number of nitrogens with zero attached hydrogens (tertiary/aromatic N) is 1. The zero-order valence-electron chi connectivity index (χ0n) is 11.2. The van der Waals surface area contributed by atoms with E-state index < -0.39 is 0 Å². The van der Waals surface area contributed by atoms with Crippen LogP contribution < -0.4 is 5.32 Å². The Morgan fingerprint density at radius 2 is 2.00 bits per heavy atom. The number of carbonyl (C=O) groups excluding carboxylic acids is 1. The van der Waals surface area contributed by atoms with Crippen LogP contribution in [0.5, 0.6) is 0 Å². The van der Waals surface area contributed by atoms with Crippen LogP contribution in [0.4, 0.5) is 0 Å². The van der Waals surface area contributed by atoms with Gasteiger partial charge in [-0.15, -0.1) is 0 Å². The number of hydrogen-bond acceptors (Lipinski definition) is 2. The second kappa shape index (κ2) is 5.85. The summed E-state index contributed by atoms with van der Waals surface area (Å²) in [6.45, 7) is 7.41. The second-order valence-electron chi connectivity index (χ2n) is 5.73. The van der Waals surface area contributed by atoms with E-state index in [2.05, 4.69) is 24.1 Å².